The average Bonchev–Trinajstić information content (AvgIpc) is 3.60. The monoisotopic (exact) mass is 705 g/mol. The van der Waals surface area contributed by atoms with E-state index in [2.05, 4.69) is 4.98 Å². The maximum Gasteiger partial charge on any atom is 0.420 e. The van der Waals surface area contributed by atoms with Gasteiger partial charge in [0.25, 0.3) is 0 Å². The Kier molecular flexibility index (Phi) is 13.7. The zero-order chi connectivity index (χ0) is 37.7. The molecule has 1 aromatic rings. The Morgan fingerprint density at radius 3 is 2.32 bits per heavy atom. The van der Waals surface area contributed by atoms with E-state index >= 15 is 0 Å². The molecular weight excluding hydrogens is 650 g/mol. The molecule has 0 N–H and O–H groups in total. The fraction of sp³-hybridized carbons (Fsp3) is 0.722. The molecule has 280 valence electrons. The van der Waals surface area contributed by atoms with E-state index in [1.165, 1.54) is 45.8 Å². The van der Waals surface area contributed by atoms with Crippen molar-refractivity contribution in [3.05, 3.63) is 30.4 Å². The highest BCUT2D eigenvalue weighted by atomic mass is 16.7. The topological polar surface area (TPSA) is 162 Å². The Hall–Kier alpha value is -3.46. The predicted molar refractivity (Wildman–Crippen MR) is 181 cm³/mol. The summed E-state index contributed by atoms with van der Waals surface area (Å²) in [5, 5.41) is 0. The van der Waals surface area contributed by atoms with E-state index in [9.17, 15) is 24.0 Å². The summed E-state index contributed by atoms with van der Waals surface area (Å²) in [7, 11) is 5.20. The number of esters is 2. The number of ketones is 2. The number of methoxy groups -OCH3 is 1. The molecule has 0 bridgehead atoms. The molecule has 1 fully saturated rings. The van der Waals surface area contributed by atoms with Crippen LogP contribution < -0.4 is 0 Å². The molecule has 14 nitrogen and oxygen atoms in total. The summed E-state index contributed by atoms with van der Waals surface area (Å²) in [5.74, 6) is -5.09. The lowest BCUT2D eigenvalue weighted by Crippen LogP contribution is -2.60. The van der Waals surface area contributed by atoms with Crippen LogP contribution in [0, 0.1) is 17.8 Å². The highest BCUT2D eigenvalue weighted by molar-refractivity contribution is 6.00. The van der Waals surface area contributed by atoms with Crippen LogP contribution in [0.1, 0.15) is 81.6 Å². The molecule has 3 heterocycles. The van der Waals surface area contributed by atoms with Crippen molar-refractivity contribution in [2.24, 2.45) is 17.8 Å². The van der Waals surface area contributed by atoms with E-state index in [0.717, 1.165) is 4.57 Å². The average molecular weight is 706 g/mol. The zero-order valence-electron chi connectivity index (χ0n) is 31.5. The van der Waals surface area contributed by atoms with Crippen LogP contribution in [0.15, 0.2) is 30.4 Å². The fourth-order valence-electron chi connectivity index (χ4n) is 7.10. The molecule has 0 radical (unpaired) electrons. The van der Waals surface area contributed by atoms with E-state index < -0.39 is 77.4 Å². The van der Waals surface area contributed by atoms with E-state index in [0.29, 0.717) is 6.42 Å². The molecule has 1 aromatic heterocycles. The Balaban J connectivity index is 2.14. The summed E-state index contributed by atoms with van der Waals surface area (Å²) >= 11 is 0. The first kappa shape index (κ1) is 41.0. The van der Waals surface area contributed by atoms with E-state index in [1.54, 1.807) is 41.5 Å². The van der Waals surface area contributed by atoms with Gasteiger partial charge in [-0.3, -0.25) is 19.2 Å². The Morgan fingerprint density at radius 2 is 1.78 bits per heavy atom. The smallest absolute Gasteiger partial charge is 0.420 e. The van der Waals surface area contributed by atoms with Gasteiger partial charge in [0.1, 0.15) is 18.3 Å². The second-order valence-corrected chi connectivity index (χ2v) is 14.3. The van der Waals surface area contributed by atoms with E-state index in [-0.39, 0.29) is 36.3 Å². The molecule has 0 spiro atoms. The van der Waals surface area contributed by atoms with Crippen LogP contribution in [0.25, 0.3) is 0 Å². The minimum Gasteiger partial charge on any atom is -0.457 e. The third-order valence-electron chi connectivity index (χ3n) is 9.93. The third-order valence-corrected chi connectivity index (χ3v) is 9.93. The van der Waals surface area contributed by atoms with E-state index in [4.69, 9.17) is 28.4 Å². The lowest BCUT2D eigenvalue weighted by molar-refractivity contribution is -0.297. The summed E-state index contributed by atoms with van der Waals surface area (Å²) in [5.41, 5.74) is -2.62. The van der Waals surface area contributed by atoms with Crippen LogP contribution in [0.2, 0.25) is 0 Å². The van der Waals surface area contributed by atoms with Gasteiger partial charge in [-0.25, -0.2) is 14.3 Å². The Morgan fingerprint density at radius 1 is 1.12 bits per heavy atom. The van der Waals surface area contributed by atoms with Gasteiger partial charge in [-0.1, -0.05) is 20.8 Å². The van der Waals surface area contributed by atoms with Crippen molar-refractivity contribution in [1.82, 2.24) is 14.5 Å². The minimum atomic E-state index is -1.59. The summed E-state index contributed by atoms with van der Waals surface area (Å²) in [6, 6.07) is -0.267. The molecule has 3 rings (SSSR count). The molecule has 0 aliphatic carbocycles. The Labute approximate surface area is 295 Å². The maximum atomic E-state index is 14.2. The van der Waals surface area contributed by atoms with Gasteiger partial charge >= 0.3 is 18.0 Å². The predicted octanol–water partition coefficient (Wildman–Crippen LogP) is 4.13. The number of hydrogen-bond acceptors (Lipinski definition) is 13. The molecule has 2 aliphatic rings. The molecule has 2 aliphatic heterocycles. The number of carbonyl (C=O) groups is 5. The van der Waals surface area contributed by atoms with Crippen molar-refractivity contribution in [1.29, 1.82) is 0 Å². The number of hydrogen-bond donors (Lipinski definition) is 0. The summed E-state index contributed by atoms with van der Waals surface area (Å²) in [6.07, 6.45) is 1.25. The second kappa shape index (κ2) is 16.7. The summed E-state index contributed by atoms with van der Waals surface area (Å²) < 4.78 is 37.7. The van der Waals surface area contributed by atoms with Crippen LogP contribution in [-0.2, 0) is 47.6 Å². The molecule has 1 saturated heterocycles. The number of allylic oxidation sites excluding steroid dienone is 1. The van der Waals surface area contributed by atoms with Gasteiger partial charge in [-0.2, -0.15) is 0 Å². The van der Waals surface area contributed by atoms with Crippen molar-refractivity contribution in [3.63, 3.8) is 0 Å². The van der Waals surface area contributed by atoms with Crippen molar-refractivity contribution >= 4 is 29.6 Å². The van der Waals surface area contributed by atoms with Gasteiger partial charge < -0.3 is 33.3 Å². The first-order valence-electron chi connectivity index (χ1n) is 17.2. The van der Waals surface area contributed by atoms with Crippen molar-refractivity contribution in [3.8, 4) is 0 Å². The van der Waals surface area contributed by atoms with E-state index in [1.807, 2.05) is 25.9 Å². The lowest BCUT2D eigenvalue weighted by atomic mass is 9.77. The van der Waals surface area contributed by atoms with Gasteiger partial charge in [0.05, 0.1) is 23.9 Å². The normalized spacial score (nSPS) is 37.3. The number of ether oxygens (including phenoxy) is 6. The van der Waals surface area contributed by atoms with Crippen molar-refractivity contribution in [2.45, 2.75) is 130 Å². The number of likely N-dealkylation sites (N-methyl/N-ethyl adjacent to an activating group) is 1. The number of imidazole rings is 1. The molecule has 0 amide bonds. The first-order chi connectivity index (χ1) is 23.3. The fourth-order valence-corrected chi connectivity index (χ4v) is 7.10. The number of aromatic nitrogens is 2. The largest absolute Gasteiger partial charge is 0.457 e. The number of rotatable bonds is 7. The summed E-state index contributed by atoms with van der Waals surface area (Å²) in [6.45, 7) is 14.6. The van der Waals surface area contributed by atoms with Crippen LogP contribution in [0.4, 0.5) is 4.79 Å². The standard InChI is InChI=1S/C36H55N3O11/c1-13-27-35(8,50-34(44)39-15-14-37-19-39)17-20(2)28(41)21(3)18-36(9,45-12)31(23(5)29(42)24(6)32(43)48-27)49-33-30(47-25(7)40)26(38(10)11)16-22(4)46-33/h14-15,17,19,21-24,26-27,30-31,33H,13,16,18H2,1-12H3/b20-17-/t21-,22-,23+,24-,26+,27-,30-,31-,33+,35+,36-/m1/s1. The van der Waals surface area contributed by atoms with Crippen LogP contribution in [0.3, 0.4) is 0 Å². The SMILES string of the molecule is CC[C@H]1OC(=O)[C@H](C)C(=O)[C@H](C)[C@@H](O[C@@H]2O[C@H](C)C[C@H](N(C)C)[C@H]2OC(C)=O)[C@](C)(OC)C[C@@H](C)C(=O)/C(C)=C\[C@]1(C)OC(=O)n1ccnc1. The number of carbonyl (C=O) groups excluding carboxylic acids is 5. The van der Waals surface area contributed by atoms with Crippen LogP contribution in [-0.4, -0.2) is 113 Å². The van der Waals surface area contributed by atoms with Gasteiger partial charge in [0, 0.05) is 38.3 Å². The summed E-state index contributed by atoms with van der Waals surface area (Å²) in [4.78, 5) is 73.2. The van der Waals surface area contributed by atoms with Gasteiger partial charge in [-0.15, -0.1) is 0 Å². The molecule has 50 heavy (non-hydrogen) atoms. The molecule has 0 aromatic carbocycles. The zero-order valence-corrected chi connectivity index (χ0v) is 31.5. The van der Waals surface area contributed by atoms with Crippen LogP contribution >= 0.6 is 0 Å². The highest BCUT2D eigenvalue weighted by Gasteiger charge is 2.51. The van der Waals surface area contributed by atoms with Crippen LogP contribution in [0.5, 0.6) is 0 Å². The second-order valence-electron chi connectivity index (χ2n) is 14.3. The molecule has 0 saturated carbocycles. The number of nitrogens with zero attached hydrogens (tertiary/aromatic N) is 3. The van der Waals surface area contributed by atoms with Gasteiger partial charge in [0.15, 0.2) is 29.6 Å². The highest BCUT2D eigenvalue weighted by Crippen LogP contribution is 2.38. The maximum absolute atomic E-state index is 14.2. The number of Topliss-reactive ketones (excluding diaryl/α,β-unsaturated/α-hetero) is 2. The number of cyclic esters (lactones) is 1. The molecule has 0 unspecified atom stereocenters. The van der Waals surface area contributed by atoms with Gasteiger partial charge in [-0.05, 0) is 79.6 Å². The molecule has 14 heteroatoms. The molecular formula is C36H55N3O11. The first-order valence-corrected chi connectivity index (χ1v) is 17.2. The quantitative estimate of drug-likeness (QED) is 0.226. The third kappa shape index (κ3) is 9.25. The van der Waals surface area contributed by atoms with Gasteiger partial charge in [0.2, 0.25) is 0 Å². The minimum absolute atomic E-state index is 0.0922. The molecule has 11 atom stereocenters. The van der Waals surface area contributed by atoms with Crippen molar-refractivity contribution in [2.75, 3.05) is 21.2 Å². The lowest BCUT2D eigenvalue weighted by Gasteiger charge is -2.47. The van der Waals surface area contributed by atoms with Crippen molar-refractivity contribution < 1.29 is 52.4 Å². The Bertz CT molecular complexity index is 1410.